The molecule has 8 nitrogen and oxygen atoms in total. The molecule has 0 unspecified atom stereocenters. The predicted molar refractivity (Wildman–Crippen MR) is 132 cm³/mol. The molecular weight excluding hydrogens is 432 g/mol. The lowest BCUT2D eigenvalue weighted by atomic mass is 9.94. The van der Waals surface area contributed by atoms with Crippen LogP contribution in [0.15, 0.2) is 35.5 Å². The average Bonchev–Trinajstić information content (AvgIpc) is 2.85. The number of ether oxygens (including phenoxy) is 3. The molecule has 4 rings (SSSR count). The summed E-state index contributed by atoms with van der Waals surface area (Å²) in [5, 5.41) is 0. The number of nitrogens with zero attached hydrogens (tertiary/aromatic N) is 4. The second-order valence-electron chi connectivity index (χ2n) is 8.71. The highest BCUT2D eigenvalue weighted by Gasteiger charge is 2.27. The number of amides is 1. The van der Waals surface area contributed by atoms with E-state index >= 15 is 0 Å². The van der Waals surface area contributed by atoms with E-state index in [4.69, 9.17) is 14.2 Å². The van der Waals surface area contributed by atoms with Crippen molar-refractivity contribution in [1.82, 2.24) is 9.97 Å². The van der Waals surface area contributed by atoms with Crippen LogP contribution in [0.2, 0.25) is 0 Å². The molecule has 34 heavy (non-hydrogen) atoms. The fourth-order valence-electron chi connectivity index (χ4n) is 4.39. The van der Waals surface area contributed by atoms with Gasteiger partial charge in [-0.25, -0.2) is 4.98 Å². The van der Waals surface area contributed by atoms with Gasteiger partial charge in [-0.3, -0.25) is 9.79 Å². The Hall–Kier alpha value is -3.26. The summed E-state index contributed by atoms with van der Waals surface area (Å²) < 4.78 is 18.1. The van der Waals surface area contributed by atoms with Crippen LogP contribution in [-0.2, 0) is 9.53 Å². The second kappa shape index (κ2) is 10.8. The van der Waals surface area contributed by atoms with Gasteiger partial charge >= 0.3 is 0 Å². The molecule has 1 aliphatic heterocycles. The van der Waals surface area contributed by atoms with Gasteiger partial charge in [0.1, 0.15) is 23.4 Å². The molecule has 0 spiro atoms. The largest absolute Gasteiger partial charge is 0.488 e. The minimum atomic E-state index is -0.0926. The molecule has 1 aromatic heterocycles. The number of anilines is 1. The molecule has 8 heteroatoms. The zero-order chi connectivity index (χ0) is 24.1. The first-order valence-corrected chi connectivity index (χ1v) is 11.7. The van der Waals surface area contributed by atoms with Crippen molar-refractivity contribution in [3.63, 3.8) is 0 Å². The molecule has 2 aromatic rings. The summed E-state index contributed by atoms with van der Waals surface area (Å²) in [5.74, 6) is 1.87. The Kier molecular flexibility index (Phi) is 7.57. The molecule has 1 amide bonds. The monoisotopic (exact) mass is 464 g/mol. The standard InChI is InChI=1S/C26H32N4O4/c1-17-28-12-9-25(29-17)34-22-7-5-21(6-8-22)33-24-16-20(19-10-13-32-14-11-19)15-23(27-3)26(24)30(4)18(2)31/h9-10,12,15-16,21-22H,3,5-8,11,13-14H2,1-2,4H3/t21-,22+. The fraction of sp³-hybridized carbons (Fsp3) is 0.462. The highest BCUT2D eigenvalue weighted by Crippen LogP contribution is 2.42. The van der Waals surface area contributed by atoms with Gasteiger partial charge in [0.2, 0.25) is 11.8 Å². The SMILES string of the molecule is C=Nc1cc(C2=CCOCC2)cc(O[C@H]2CC[C@@H](Oc3ccnc(C)n3)CC2)c1N(C)C(C)=O. The molecule has 2 heterocycles. The van der Waals surface area contributed by atoms with E-state index < -0.39 is 0 Å². The molecule has 180 valence electrons. The van der Waals surface area contributed by atoms with Gasteiger partial charge in [0.25, 0.3) is 0 Å². The highest BCUT2D eigenvalue weighted by atomic mass is 16.5. The van der Waals surface area contributed by atoms with E-state index in [1.807, 2.05) is 19.1 Å². The van der Waals surface area contributed by atoms with Gasteiger partial charge in [-0.1, -0.05) is 6.08 Å². The summed E-state index contributed by atoms with van der Waals surface area (Å²) in [6.45, 7) is 8.41. The molecule has 0 atom stereocenters. The summed E-state index contributed by atoms with van der Waals surface area (Å²) in [6.07, 6.45) is 8.14. The van der Waals surface area contributed by atoms with Gasteiger partial charge in [0.15, 0.2) is 0 Å². The van der Waals surface area contributed by atoms with Gasteiger partial charge in [-0.05, 0) is 69.0 Å². The summed E-state index contributed by atoms with van der Waals surface area (Å²) in [4.78, 5) is 26.5. The molecule has 1 aromatic carbocycles. The van der Waals surface area contributed by atoms with Crippen LogP contribution in [0, 0.1) is 6.92 Å². The Balaban J connectivity index is 1.53. The highest BCUT2D eigenvalue weighted by molar-refractivity contribution is 5.97. The lowest BCUT2D eigenvalue weighted by Crippen LogP contribution is -2.31. The summed E-state index contributed by atoms with van der Waals surface area (Å²) in [6, 6.07) is 5.78. The number of aromatic nitrogens is 2. The number of carbonyl (C=O) groups is 1. The van der Waals surface area contributed by atoms with Crippen molar-refractivity contribution in [2.24, 2.45) is 4.99 Å². The molecule has 0 N–H and O–H groups in total. The van der Waals surface area contributed by atoms with Crippen LogP contribution in [0.25, 0.3) is 5.57 Å². The van der Waals surface area contributed by atoms with Gasteiger partial charge in [-0.15, -0.1) is 0 Å². The lowest BCUT2D eigenvalue weighted by Gasteiger charge is -2.31. The van der Waals surface area contributed by atoms with Crippen LogP contribution in [0.4, 0.5) is 11.4 Å². The van der Waals surface area contributed by atoms with Crippen molar-refractivity contribution in [3.05, 3.63) is 41.9 Å². The maximum Gasteiger partial charge on any atom is 0.223 e. The van der Waals surface area contributed by atoms with E-state index in [9.17, 15) is 4.79 Å². The molecule has 1 fully saturated rings. The van der Waals surface area contributed by atoms with E-state index in [-0.39, 0.29) is 18.1 Å². The zero-order valence-electron chi connectivity index (χ0n) is 20.1. The van der Waals surface area contributed by atoms with Crippen LogP contribution < -0.4 is 14.4 Å². The average molecular weight is 465 g/mol. The Morgan fingerprint density at radius 1 is 1.21 bits per heavy atom. The van der Waals surface area contributed by atoms with Crippen molar-refractivity contribution in [2.75, 3.05) is 25.2 Å². The van der Waals surface area contributed by atoms with E-state index in [1.54, 1.807) is 24.2 Å². The number of aliphatic imine (C=N–C) groups is 1. The van der Waals surface area contributed by atoms with Crippen molar-refractivity contribution in [3.8, 4) is 11.6 Å². The molecule has 0 radical (unpaired) electrons. The van der Waals surface area contributed by atoms with Crippen molar-refractivity contribution < 1.29 is 19.0 Å². The fourth-order valence-corrected chi connectivity index (χ4v) is 4.39. The van der Waals surface area contributed by atoms with Crippen LogP contribution in [0.5, 0.6) is 11.6 Å². The Morgan fingerprint density at radius 3 is 2.56 bits per heavy atom. The smallest absolute Gasteiger partial charge is 0.223 e. The van der Waals surface area contributed by atoms with Gasteiger partial charge < -0.3 is 19.1 Å². The van der Waals surface area contributed by atoms with E-state index in [2.05, 4.69) is 27.8 Å². The Bertz CT molecular complexity index is 1080. The van der Waals surface area contributed by atoms with E-state index in [0.29, 0.717) is 42.0 Å². The molecule has 0 saturated heterocycles. The number of carbonyl (C=O) groups excluding carboxylic acids is 1. The third-order valence-corrected chi connectivity index (χ3v) is 6.32. The number of aryl methyl sites for hydroxylation is 1. The third kappa shape index (κ3) is 5.62. The van der Waals surface area contributed by atoms with Crippen molar-refractivity contribution in [2.45, 2.75) is 58.2 Å². The molecular formula is C26H32N4O4. The number of rotatable bonds is 7. The van der Waals surface area contributed by atoms with Gasteiger partial charge in [-0.2, -0.15) is 4.98 Å². The Labute approximate surface area is 200 Å². The first kappa shape index (κ1) is 23.9. The van der Waals surface area contributed by atoms with Crippen LogP contribution in [-0.4, -0.2) is 55.1 Å². The predicted octanol–water partition coefficient (Wildman–Crippen LogP) is 4.67. The Morgan fingerprint density at radius 2 is 1.94 bits per heavy atom. The first-order chi connectivity index (χ1) is 16.4. The molecule has 0 bridgehead atoms. The third-order valence-electron chi connectivity index (χ3n) is 6.32. The van der Waals surface area contributed by atoms with Crippen molar-refractivity contribution >= 4 is 29.6 Å². The van der Waals surface area contributed by atoms with Gasteiger partial charge in [0, 0.05) is 26.2 Å². The molecule has 1 saturated carbocycles. The van der Waals surface area contributed by atoms with Crippen LogP contribution in [0.1, 0.15) is 50.4 Å². The minimum Gasteiger partial charge on any atom is -0.488 e. The minimum absolute atomic E-state index is 0.0164. The maximum atomic E-state index is 12.2. The number of benzene rings is 1. The first-order valence-electron chi connectivity index (χ1n) is 11.7. The van der Waals surface area contributed by atoms with Crippen LogP contribution >= 0.6 is 0 Å². The maximum absolute atomic E-state index is 12.2. The van der Waals surface area contributed by atoms with Crippen molar-refractivity contribution in [1.29, 1.82) is 0 Å². The molecule has 1 aliphatic carbocycles. The second-order valence-corrected chi connectivity index (χ2v) is 8.71. The summed E-state index contributed by atoms with van der Waals surface area (Å²) >= 11 is 0. The van der Waals surface area contributed by atoms with Crippen LogP contribution in [0.3, 0.4) is 0 Å². The quantitative estimate of drug-likeness (QED) is 0.554. The zero-order valence-corrected chi connectivity index (χ0v) is 20.1. The topological polar surface area (TPSA) is 86.1 Å². The lowest BCUT2D eigenvalue weighted by molar-refractivity contribution is -0.116. The number of hydrogen-bond acceptors (Lipinski definition) is 7. The number of hydrogen-bond donors (Lipinski definition) is 0. The van der Waals surface area contributed by atoms with E-state index in [0.717, 1.165) is 37.7 Å². The normalized spacial score (nSPS) is 20.3. The van der Waals surface area contributed by atoms with E-state index in [1.165, 1.54) is 12.5 Å². The summed E-state index contributed by atoms with van der Waals surface area (Å²) in [7, 11) is 1.74. The summed E-state index contributed by atoms with van der Waals surface area (Å²) in [5.41, 5.74) is 3.50. The van der Waals surface area contributed by atoms with Gasteiger partial charge in [0.05, 0.1) is 25.0 Å². The molecule has 2 aliphatic rings.